The second-order valence-corrected chi connectivity index (χ2v) is 8.60. The quantitative estimate of drug-likeness (QED) is 0.404. The number of benzene rings is 2. The molecule has 0 bridgehead atoms. The molecule has 0 fully saturated rings. The number of halogens is 1. The van der Waals surface area contributed by atoms with Gasteiger partial charge in [0.25, 0.3) is 0 Å². The zero-order valence-corrected chi connectivity index (χ0v) is 18.5. The molecule has 0 radical (unpaired) electrons. The van der Waals surface area contributed by atoms with E-state index >= 15 is 0 Å². The van der Waals surface area contributed by atoms with Crippen LogP contribution in [0.2, 0.25) is 0 Å². The number of rotatable bonds is 10. The number of ether oxygens (including phenoxy) is 1. The van der Waals surface area contributed by atoms with Crippen molar-refractivity contribution in [3.05, 3.63) is 59.9 Å². The molecular formula is C22H26FNO6S. The van der Waals surface area contributed by atoms with E-state index < -0.39 is 21.9 Å². The topological polar surface area (TPSA) is 90.0 Å². The molecule has 31 heavy (non-hydrogen) atoms. The zero-order chi connectivity index (χ0) is 23.0. The minimum Gasteiger partial charge on any atom is -0.466 e. The molecular weight excluding hydrogens is 425 g/mol. The largest absolute Gasteiger partial charge is 0.466 e. The van der Waals surface area contributed by atoms with Gasteiger partial charge in [0, 0.05) is 19.0 Å². The van der Waals surface area contributed by atoms with Gasteiger partial charge in [0.05, 0.1) is 13.0 Å². The van der Waals surface area contributed by atoms with E-state index in [9.17, 15) is 22.4 Å². The number of nitrogens with zero attached hydrogens (tertiary/aromatic N) is 1. The molecule has 7 nitrogen and oxygen atoms in total. The second-order valence-electron chi connectivity index (χ2n) is 7.06. The Kier molecular flexibility index (Phi) is 8.56. The van der Waals surface area contributed by atoms with E-state index in [2.05, 4.69) is 0 Å². The van der Waals surface area contributed by atoms with Gasteiger partial charge in [-0.25, -0.2) is 4.39 Å². The molecule has 0 unspecified atom stereocenters. The fourth-order valence-corrected chi connectivity index (χ4v) is 3.70. The molecule has 0 spiro atoms. The summed E-state index contributed by atoms with van der Waals surface area (Å²) in [4.78, 5) is 25.5. The van der Waals surface area contributed by atoms with Gasteiger partial charge in [0.2, 0.25) is 5.91 Å². The summed E-state index contributed by atoms with van der Waals surface area (Å²) in [5, 5.41) is 0. The smallest absolute Gasteiger partial charge is 0.339 e. The standard InChI is InChI=1S/C22H26FNO6S/c1-4-29-22(26)14-13-21(25)24(16(2)3)15-17-5-9-19(10-6-17)30-31(27,28)20-11-7-18(23)8-12-20/h5-12,16H,4,13-15H2,1-3H3. The Bertz CT molecular complexity index is 988. The van der Waals surface area contributed by atoms with Crippen LogP contribution in [0.1, 0.15) is 39.2 Å². The SMILES string of the molecule is CCOC(=O)CCC(=O)N(Cc1ccc(OS(=O)(=O)c2ccc(F)cc2)cc1)C(C)C. The van der Waals surface area contributed by atoms with Crippen LogP contribution in [-0.4, -0.2) is 37.8 Å². The molecule has 0 aliphatic heterocycles. The van der Waals surface area contributed by atoms with Crippen LogP contribution in [-0.2, 0) is 31.0 Å². The van der Waals surface area contributed by atoms with E-state index in [1.54, 1.807) is 24.0 Å². The van der Waals surface area contributed by atoms with Crippen LogP contribution in [0.15, 0.2) is 53.4 Å². The number of amides is 1. The van der Waals surface area contributed by atoms with Crippen LogP contribution < -0.4 is 4.18 Å². The van der Waals surface area contributed by atoms with E-state index in [1.165, 1.54) is 12.1 Å². The van der Waals surface area contributed by atoms with E-state index in [4.69, 9.17) is 8.92 Å². The minimum absolute atomic E-state index is 0.0178. The highest BCUT2D eigenvalue weighted by Crippen LogP contribution is 2.21. The molecule has 168 valence electrons. The number of carbonyl (C=O) groups excluding carboxylic acids is 2. The van der Waals surface area contributed by atoms with Gasteiger partial charge in [0.1, 0.15) is 16.5 Å². The molecule has 1 amide bonds. The van der Waals surface area contributed by atoms with Gasteiger partial charge in [0.15, 0.2) is 0 Å². The summed E-state index contributed by atoms with van der Waals surface area (Å²) in [6, 6.07) is 10.5. The lowest BCUT2D eigenvalue weighted by Gasteiger charge is -2.27. The van der Waals surface area contributed by atoms with Gasteiger partial charge in [-0.2, -0.15) is 8.42 Å². The summed E-state index contributed by atoms with van der Waals surface area (Å²) >= 11 is 0. The van der Waals surface area contributed by atoms with Crippen molar-refractivity contribution in [2.75, 3.05) is 6.61 Å². The Balaban J connectivity index is 2.03. The first-order valence-corrected chi connectivity index (χ1v) is 11.3. The minimum atomic E-state index is -4.09. The highest BCUT2D eigenvalue weighted by molar-refractivity contribution is 7.87. The zero-order valence-electron chi connectivity index (χ0n) is 17.7. The molecule has 9 heteroatoms. The van der Waals surface area contributed by atoms with Gasteiger partial charge in [-0.1, -0.05) is 12.1 Å². The third-order valence-electron chi connectivity index (χ3n) is 4.38. The molecule has 0 aromatic heterocycles. The first kappa shape index (κ1) is 24.3. The number of carbonyl (C=O) groups is 2. The van der Waals surface area contributed by atoms with Crippen molar-refractivity contribution in [2.24, 2.45) is 0 Å². The normalized spacial score (nSPS) is 11.3. The van der Waals surface area contributed by atoms with Crippen LogP contribution in [0.4, 0.5) is 4.39 Å². The molecule has 0 N–H and O–H groups in total. The molecule has 2 aromatic carbocycles. The fourth-order valence-electron chi connectivity index (χ4n) is 2.77. The van der Waals surface area contributed by atoms with Crippen molar-refractivity contribution in [2.45, 2.75) is 51.1 Å². The van der Waals surface area contributed by atoms with Crippen LogP contribution in [0.5, 0.6) is 5.75 Å². The summed E-state index contributed by atoms with van der Waals surface area (Å²) in [6.07, 6.45) is 0.0675. The fraction of sp³-hybridized carbons (Fsp3) is 0.364. The van der Waals surface area contributed by atoms with Gasteiger partial charge in [-0.05, 0) is 62.7 Å². The Morgan fingerprint density at radius 2 is 1.61 bits per heavy atom. The van der Waals surface area contributed by atoms with Gasteiger partial charge in [-0.15, -0.1) is 0 Å². The lowest BCUT2D eigenvalue weighted by Crippen LogP contribution is -2.36. The maximum Gasteiger partial charge on any atom is 0.339 e. The maximum absolute atomic E-state index is 13.0. The van der Waals surface area contributed by atoms with Crippen molar-refractivity contribution < 1.29 is 31.3 Å². The lowest BCUT2D eigenvalue weighted by molar-refractivity contribution is -0.146. The first-order valence-electron chi connectivity index (χ1n) is 9.86. The van der Waals surface area contributed by atoms with Crippen molar-refractivity contribution in [1.82, 2.24) is 4.90 Å². The van der Waals surface area contributed by atoms with Crippen molar-refractivity contribution in [3.8, 4) is 5.75 Å². The average molecular weight is 452 g/mol. The van der Waals surface area contributed by atoms with Gasteiger partial charge >= 0.3 is 16.1 Å². The summed E-state index contributed by atoms with van der Waals surface area (Å²) in [5.74, 6) is -1.04. The monoisotopic (exact) mass is 451 g/mol. The molecule has 2 aromatic rings. The predicted octanol–water partition coefficient (Wildman–Crippen LogP) is 3.67. The van der Waals surface area contributed by atoms with Crippen molar-refractivity contribution in [3.63, 3.8) is 0 Å². The predicted molar refractivity (Wildman–Crippen MR) is 112 cm³/mol. The summed E-state index contributed by atoms with van der Waals surface area (Å²) in [6.45, 7) is 6.01. The van der Waals surface area contributed by atoms with E-state index in [0.717, 1.165) is 29.8 Å². The molecule has 2 rings (SSSR count). The third-order valence-corrected chi connectivity index (χ3v) is 5.64. The average Bonchev–Trinajstić information content (AvgIpc) is 2.71. The Labute approximate surface area is 181 Å². The lowest BCUT2D eigenvalue weighted by atomic mass is 10.1. The van der Waals surface area contributed by atoms with E-state index in [0.29, 0.717) is 6.54 Å². The highest BCUT2D eigenvalue weighted by atomic mass is 32.2. The van der Waals surface area contributed by atoms with E-state index in [1.807, 2.05) is 13.8 Å². The van der Waals surface area contributed by atoms with Crippen LogP contribution in [0, 0.1) is 5.82 Å². The molecule has 0 atom stereocenters. The molecule has 0 aliphatic carbocycles. The third kappa shape index (κ3) is 7.36. The Morgan fingerprint density at radius 1 is 1.00 bits per heavy atom. The van der Waals surface area contributed by atoms with E-state index in [-0.39, 0.29) is 42.0 Å². The van der Waals surface area contributed by atoms with Crippen molar-refractivity contribution in [1.29, 1.82) is 0 Å². The van der Waals surface area contributed by atoms with Crippen LogP contribution in [0.3, 0.4) is 0 Å². The second kappa shape index (κ2) is 10.9. The Morgan fingerprint density at radius 3 is 2.16 bits per heavy atom. The van der Waals surface area contributed by atoms with Gasteiger partial charge < -0.3 is 13.8 Å². The number of hydrogen-bond acceptors (Lipinski definition) is 6. The van der Waals surface area contributed by atoms with Crippen LogP contribution >= 0.6 is 0 Å². The number of hydrogen-bond donors (Lipinski definition) is 0. The summed E-state index contributed by atoms with van der Waals surface area (Å²) < 4.78 is 47.5. The summed E-state index contributed by atoms with van der Waals surface area (Å²) in [5.41, 5.74) is 0.768. The molecule has 0 saturated heterocycles. The molecule has 0 heterocycles. The van der Waals surface area contributed by atoms with Crippen molar-refractivity contribution >= 4 is 22.0 Å². The Hall–Kier alpha value is -2.94. The maximum atomic E-state index is 13.0. The molecule has 0 saturated carbocycles. The summed E-state index contributed by atoms with van der Waals surface area (Å²) in [7, 11) is -4.09. The molecule has 0 aliphatic rings. The van der Waals surface area contributed by atoms with Gasteiger partial charge in [-0.3, -0.25) is 9.59 Å². The number of esters is 1. The first-order chi connectivity index (χ1) is 14.6. The van der Waals surface area contributed by atoms with Crippen LogP contribution in [0.25, 0.3) is 0 Å². The highest BCUT2D eigenvalue weighted by Gasteiger charge is 2.20.